The van der Waals surface area contributed by atoms with E-state index < -0.39 is 16.8 Å². The van der Waals surface area contributed by atoms with E-state index in [1.54, 1.807) is 0 Å². The Balaban J connectivity index is 1.35. The number of hydrogen-bond acceptors (Lipinski definition) is 4. The van der Waals surface area contributed by atoms with Gasteiger partial charge in [0.2, 0.25) is 0 Å². The maximum atomic E-state index is 7.26. The van der Waals surface area contributed by atoms with E-state index in [9.17, 15) is 0 Å². The molecule has 0 spiro atoms. The second kappa shape index (κ2) is 18.8. The highest BCUT2D eigenvalue weighted by Gasteiger charge is 2.38. The maximum absolute atomic E-state index is 7.26. The second-order valence-corrected chi connectivity index (χ2v) is 18.5. The Bertz CT molecular complexity index is 2460. The lowest BCUT2D eigenvalue weighted by molar-refractivity contribution is 0.501. The van der Waals surface area contributed by atoms with Crippen LogP contribution in [0.15, 0.2) is 194 Å². The Morgan fingerprint density at radius 1 is 0.306 bits per heavy atom. The Kier molecular flexibility index (Phi) is 12.1. The number of rotatable bonds is 13. The van der Waals surface area contributed by atoms with Gasteiger partial charge in [0, 0.05) is 11.1 Å². The molecule has 306 valence electrons. The Hall–Kier alpha value is -6.18. The van der Waals surface area contributed by atoms with Crippen LogP contribution in [0.5, 0.6) is 23.0 Å². The Labute approximate surface area is 368 Å². The van der Waals surface area contributed by atoms with Crippen LogP contribution in [0.1, 0.15) is 47.9 Å². The van der Waals surface area contributed by atoms with Crippen LogP contribution in [0.2, 0.25) is 0 Å². The standard InChI is InChI=1S/C56H48O4P2/c1-7-23-41(24-8-1)51-39-43-27-19-21-37-49(43)53(55(51)61(57-45-29-11-3-12-30-45)58-46-31-13-4-14-32-46)54-50-38-22-20-28-44(50)40-52(42-25-9-2-10-26-42)56(54)62(59-47-33-15-5-16-34-47)60-48-35-17-6-18-36-48/h1-18,23-26,29-36,39-40H,19-22,27-28,37-38H2. The Morgan fingerprint density at radius 3 is 0.887 bits per heavy atom. The van der Waals surface area contributed by atoms with Crippen LogP contribution >= 0.6 is 16.8 Å². The second-order valence-electron chi connectivity index (χ2n) is 15.8. The van der Waals surface area contributed by atoms with Crippen molar-refractivity contribution in [2.75, 3.05) is 0 Å². The molecule has 0 fully saturated rings. The van der Waals surface area contributed by atoms with Crippen LogP contribution in [0.4, 0.5) is 0 Å². The lowest BCUT2D eigenvalue weighted by Crippen LogP contribution is -2.27. The summed E-state index contributed by atoms with van der Waals surface area (Å²) in [4.78, 5) is 0. The van der Waals surface area contributed by atoms with Crippen molar-refractivity contribution in [1.82, 2.24) is 0 Å². The first kappa shape index (κ1) is 39.9. The number of para-hydroxylation sites is 4. The molecule has 0 unspecified atom stereocenters. The molecule has 8 aromatic carbocycles. The minimum Gasteiger partial charge on any atom is -0.435 e. The lowest BCUT2D eigenvalue weighted by atomic mass is 9.78. The van der Waals surface area contributed by atoms with Crippen LogP contribution in [-0.2, 0) is 25.7 Å². The van der Waals surface area contributed by atoms with Gasteiger partial charge in [-0.05, 0) is 157 Å². The minimum absolute atomic E-state index is 0.764. The third-order valence-electron chi connectivity index (χ3n) is 11.8. The molecule has 0 bridgehead atoms. The predicted molar refractivity (Wildman–Crippen MR) is 257 cm³/mol. The number of fused-ring (bicyclic) bond motifs is 2. The average molecular weight is 847 g/mol. The van der Waals surface area contributed by atoms with Crippen LogP contribution < -0.4 is 28.7 Å². The van der Waals surface area contributed by atoms with Gasteiger partial charge in [-0.2, -0.15) is 0 Å². The number of hydrogen-bond donors (Lipinski definition) is 0. The molecule has 0 amide bonds. The SMILES string of the molecule is c1ccc(OP(Oc2ccccc2)c2c(-c3ccccc3)cc3c(c2-c2c4c(cc(-c5ccccc5)c2P(Oc2ccccc2)Oc2ccccc2)CCCC4)CCCC3)cc1. The van der Waals surface area contributed by atoms with E-state index in [2.05, 4.69) is 72.8 Å². The van der Waals surface area contributed by atoms with Crippen molar-refractivity contribution >= 4 is 27.4 Å². The van der Waals surface area contributed by atoms with Gasteiger partial charge in [-0.3, -0.25) is 0 Å². The summed E-state index contributed by atoms with van der Waals surface area (Å²) in [5.41, 5.74) is 12.5. The number of benzene rings is 8. The van der Waals surface area contributed by atoms with E-state index in [0.717, 1.165) is 107 Å². The van der Waals surface area contributed by atoms with Crippen LogP contribution in [-0.4, -0.2) is 0 Å². The zero-order valence-corrected chi connectivity index (χ0v) is 36.4. The molecule has 10 rings (SSSR count). The lowest BCUT2D eigenvalue weighted by Gasteiger charge is -2.34. The fourth-order valence-electron chi connectivity index (χ4n) is 8.91. The van der Waals surface area contributed by atoms with Crippen molar-refractivity contribution in [2.24, 2.45) is 0 Å². The van der Waals surface area contributed by atoms with Gasteiger partial charge in [-0.25, -0.2) is 0 Å². The zero-order chi connectivity index (χ0) is 41.5. The van der Waals surface area contributed by atoms with Crippen LogP contribution in [0.25, 0.3) is 33.4 Å². The van der Waals surface area contributed by atoms with Gasteiger partial charge in [0.15, 0.2) is 0 Å². The highest BCUT2D eigenvalue weighted by molar-refractivity contribution is 7.58. The third-order valence-corrected chi connectivity index (χ3v) is 14.9. The van der Waals surface area contributed by atoms with E-state index in [0.29, 0.717) is 0 Å². The van der Waals surface area contributed by atoms with Crippen molar-refractivity contribution in [3.63, 3.8) is 0 Å². The summed E-state index contributed by atoms with van der Waals surface area (Å²) < 4.78 is 29.0. The first-order valence-electron chi connectivity index (χ1n) is 21.8. The van der Waals surface area contributed by atoms with Crippen molar-refractivity contribution in [2.45, 2.75) is 51.4 Å². The average Bonchev–Trinajstić information content (AvgIpc) is 3.34. The summed E-state index contributed by atoms with van der Waals surface area (Å²) in [6, 6.07) is 67.3. The molecular formula is C56H48O4P2. The summed E-state index contributed by atoms with van der Waals surface area (Å²) in [5.74, 6) is 3.05. The summed E-state index contributed by atoms with van der Waals surface area (Å²) >= 11 is 0. The number of aryl methyl sites for hydroxylation is 2. The molecule has 0 saturated carbocycles. The quantitative estimate of drug-likeness (QED) is 0.108. The smallest absolute Gasteiger partial charge is 0.327 e. The molecule has 0 saturated heterocycles. The van der Waals surface area contributed by atoms with Crippen molar-refractivity contribution in [3.8, 4) is 56.4 Å². The van der Waals surface area contributed by atoms with Crippen molar-refractivity contribution in [1.29, 1.82) is 0 Å². The summed E-state index contributed by atoms with van der Waals surface area (Å²) in [7, 11) is -3.58. The molecule has 0 radical (unpaired) electrons. The van der Waals surface area contributed by atoms with Gasteiger partial charge in [0.25, 0.3) is 0 Å². The molecule has 0 N–H and O–H groups in total. The molecule has 6 heteroatoms. The highest BCUT2D eigenvalue weighted by Crippen LogP contribution is 2.53. The molecule has 4 nitrogen and oxygen atoms in total. The van der Waals surface area contributed by atoms with Crippen molar-refractivity contribution < 1.29 is 18.1 Å². The van der Waals surface area contributed by atoms with Gasteiger partial charge in [0.1, 0.15) is 23.0 Å². The van der Waals surface area contributed by atoms with E-state index in [1.807, 2.05) is 121 Å². The van der Waals surface area contributed by atoms with Gasteiger partial charge in [-0.15, -0.1) is 0 Å². The molecule has 62 heavy (non-hydrogen) atoms. The van der Waals surface area contributed by atoms with E-state index in [4.69, 9.17) is 18.1 Å². The monoisotopic (exact) mass is 846 g/mol. The molecule has 0 aromatic heterocycles. The first-order valence-corrected chi connectivity index (χ1v) is 24.1. The van der Waals surface area contributed by atoms with Gasteiger partial charge in [0.05, 0.1) is 10.6 Å². The molecule has 8 aromatic rings. The first-order chi connectivity index (χ1) is 30.8. The van der Waals surface area contributed by atoms with E-state index >= 15 is 0 Å². The van der Waals surface area contributed by atoms with Gasteiger partial charge < -0.3 is 18.1 Å². The Morgan fingerprint density at radius 2 is 0.581 bits per heavy atom. The fraction of sp³-hybridized carbons (Fsp3) is 0.143. The summed E-state index contributed by atoms with van der Waals surface area (Å²) in [6.07, 6.45) is 8.41. The third kappa shape index (κ3) is 8.64. The van der Waals surface area contributed by atoms with Crippen LogP contribution in [0, 0.1) is 0 Å². The van der Waals surface area contributed by atoms with Crippen molar-refractivity contribution in [3.05, 3.63) is 216 Å². The van der Waals surface area contributed by atoms with E-state index in [1.165, 1.54) is 33.4 Å². The minimum atomic E-state index is -1.79. The molecule has 0 aliphatic heterocycles. The van der Waals surface area contributed by atoms with Crippen LogP contribution in [0.3, 0.4) is 0 Å². The van der Waals surface area contributed by atoms with Gasteiger partial charge in [-0.1, -0.05) is 133 Å². The highest BCUT2D eigenvalue weighted by atomic mass is 31.2. The molecule has 0 atom stereocenters. The largest absolute Gasteiger partial charge is 0.435 e. The predicted octanol–water partition coefficient (Wildman–Crippen LogP) is 14.6. The molecule has 2 aliphatic carbocycles. The summed E-state index contributed by atoms with van der Waals surface area (Å²) in [6.45, 7) is 0. The molecule has 0 heterocycles. The maximum Gasteiger partial charge on any atom is 0.327 e. The summed E-state index contributed by atoms with van der Waals surface area (Å²) in [5, 5.41) is 2.15. The molecular weight excluding hydrogens is 799 g/mol. The van der Waals surface area contributed by atoms with Gasteiger partial charge >= 0.3 is 16.8 Å². The normalized spacial score (nSPS) is 13.3. The molecule has 2 aliphatic rings. The zero-order valence-electron chi connectivity index (χ0n) is 34.7. The van der Waals surface area contributed by atoms with E-state index in [-0.39, 0.29) is 0 Å². The topological polar surface area (TPSA) is 36.9 Å². The fourth-order valence-corrected chi connectivity index (χ4v) is 12.2.